The summed E-state index contributed by atoms with van der Waals surface area (Å²) in [6, 6.07) is 11.9. The molecule has 2 heterocycles. The molecule has 112 valence electrons. The predicted octanol–water partition coefficient (Wildman–Crippen LogP) is 4.67. The van der Waals surface area contributed by atoms with Crippen molar-refractivity contribution in [1.29, 1.82) is 0 Å². The van der Waals surface area contributed by atoms with Crippen molar-refractivity contribution < 1.29 is 4.79 Å². The Bertz CT molecular complexity index is 791. The van der Waals surface area contributed by atoms with Gasteiger partial charge in [-0.15, -0.1) is 22.7 Å². The first kappa shape index (κ1) is 14.9. The number of benzene rings is 1. The van der Waals surface area contributed by atoms with Crippen molar-refractivity contribution in [2.45, 2.75) is 20.3 Å². The van der Waals surface area contributed by atoms with Crippen molar-refractivity contribution in [2.75, 3.05) is 5.32 Å². The largest absolute Gasteiger partial charge is 0.326 e. The molecule has 5 heteroatoms. The molecule has 2 aromatic heterocycles. The molecular formula is C17H16N2OS2. The second-order valence-corrected chi connectivity index (χ2v) is 7.26. The highest BCUT2D eigenvalue weighted by Crippen LogP contribution is 2.31. The summed E-state index contributed by atoms with van der Waals surface area (Å²) in [5, 5.41) is 6.00. The fourth-order valence-electron chi connectivity index (χ4n) is 2.25. The van der Waals surface area contributed by atoms with Crippen LogP contribution in [0.1, 0.15) is 15.4 Å². The lowest BCUT2D eigenvalue weighted by molar-refractivity contribution is -0.115. The smallest absolute Gasteiger partial charge is 0.229 e. The van der Waals surface area contributed by atoms with Gasteiger partial charge in [0, 0.05) is 10.6 Å². The zero-order valence-corrected chi connectivity index (χ0v) is 14.1. The Morgan fingerprint density at radius 3 is 2.73 bits per heavy atom. The molecule has 0 aliphatic rings. The van der Waals surface area contributed by atoms with Gasteiger partial charge in [-0.1, -0.05) is 24.3 Å². The molecule has 0 fully saturated rings. The SMILES string of the molecule is Cc1nc(-c2cccs2)c(CC(=O)Nc2ccccc2C)s1. The average molecular weight is 328 g/mol. The summed E-state index contributed by atoms with van der Waals surface area (Å²) in [4.78, 5) is 19.0. The zero-order valence-electron chi connectivity index (χ0n) is 12.4. The molecule has 1 amide bonds. The van der Waals surface area contributed by atoms with Gasteiger partial charge in [0.2, 0.25) is 5.91 Å². The molecule has 3 aromatic rings. The molecule has 0 radical (unpaired) electrons. The van der Waals surface area contributed by atoms with Crippen LogP contribution in [-0.4, -0.2) is 10.9 Å². The van der Waals surface area contributed by atoms with Gasteiger partial charge < -0.3 is 5.32 Å². The summed E-state index contributed by atoms with van der Waals surface area (Å²) in [7, 11) is 0. The summed E-state index contributed by atoms with van der Waals surface area (Å²) in [5.74, 6) is -0.00393. The third-order valence-corrected chi connectivity index (χ3v) is 5.15. The Morgan fingerprint density at radius 1 is 1.18 bits per heavy atom. The Kier molecular flexibility index (Phi) is 4.36. The van der Waals surface area contributed by atoms with Crippen molar-refractivity contribution in [3.8, 4) is 10.6 Å². The molecule has 0 spiro atoms. The van der Waals surface area contributed by atoms with E-state index in [0.29, 0.717) is 6.42 Å². The topological polar surface area (TPSA) is 42.0 Å². The van der Waals surface area contributed by atoms with Crippen LogP contribution in [0.15, 0.2) is 41.8 Å². The van der Waals surface area contributed by atoms with E-state index in [2.05, 4.69) is 10.3 Å². The third kappa shape index (κ3) is 3.26. The van der Waals surface area contributed by atoms with Crippen LogP contribution in [0, 0.1) is 13.8 Å². The Balaban J connectivity index is 1.79. The number of aromatic nitrogens is 1. The lowest BCUT2D eigenvalue weighted by Gasteiger charge is -2.07. The average Bonchev–Trinajstić information content (AvgIpc) is 3.11. The molecule has 3 nitrogen and oxygen atoms in total. The number of aryl methyl sites for hydroxylation is 2. The van der Waals surface area contributed by atoms with E-state index in [1.807, 2.05) is 55.6 Å². The minimum absolute atomic E-state index is 0.00393. The standard InChI is InChI=1S/C17H16N2OS2/c1-11-6-3-4-7-13(11)19-16(20)10-15-17(18-12(2)22-15)14-8-5-9-21-14/h3-9H,10H2,1-2H3,(H,19,20). The number of hydrogen-bond acceptors (Lipinski definition) is 4. The quantitative estimate of drug-likeness (QED) is 0.756. The second-order valence-electron chi connectivity index (χ2n) is 5.02. The molecule has 0 unspecified atom stereocenters. The van der Waals surface area contributed by atoms with E-state index in [9.17, 15) is 4.79 Å². The van der Waals surface area contributed by atoms with Crippen molar-refractivity contribution in [3.05, 3.63) is 57.2 Å². The van der Waals surface area contributed by atoms with Gasteiger partial charge in [-0.3, -0.25) is 4.79 Å². The molecule has 22 heavy (non-hydrogen) atoms. The summed E-state index contributed by atoms with van der Waals surface area (Å²) >= 11 is 3.24. The van der Waals surface area contributed by atoms with Crippen LogP contribution in [0.25, 0.3) is 10.6 Å². The van der Waals surface area contributed by atoms with Gasteiger partial charge in [-0.25, -0.2) is 4.98 Å². The molecule has 0 saturated carbocycles. The normalized spacial score (nSPS) is 10.6. The van der Waals surface area contributed by atoms with Crippen molar-refractivity contribution in [1.82, 2.24) is 4.98 Å². The number of nitrogens with zero attached hydrogens (tertiary/aromatic N) is 1. The first-order valence-corrected chi connectivity index (χ1v) is 8.69. The van der Waals surface area contributed by atoms with E-state index in [0.717, 1.165) is 31.7 Å². The number of nitrogens with one attached hydrogen (secondary N) is 1. The molecule has 3 rings (SSSR count). The summed E-state index contributed by atoms with van der Waals surface area (Å²) in [6.45, 7) is 3.97. The van der Waals surface area contributed by atoms with Crippen LogP contribution < -0.4 is 5.32 Å². The van der Waals surface area contributed by atoms with Crippen LogP contribution in [0.4, 0.5) is 5.69 Å². The van der Waals surface area contributed by atoms with Crippen molar-refractivity contribution in [2.24, 2.45) is 0 Å². The van der Waals surface area contributed by atoms with Gasteiger partial charge in [0.25, 0.3) is 0 Å². The molecule has 1 N–H and O–H groups in total. The summed E-state index contributed by atoms with van der Waals surface area (Å²) in [5.41, 5.74) is 2.87. The van der Waals surface area contributed by atoms with E-state index in [-0.39, 0.29) is 5.91 Å². The van der Waals surface area contributed by atoms with Gasteiger partial charge in [0.05, 0.1) is 22.0 Å². The fourth-order valence-corrected chi connectivity index (χ4v) is 4.00. The molecule has 0 atom stereocenters. The lowest BCUT2D eigenvalue weighted by Crippen LogP contribution is -2.14. The van der Waals surface area contributed by atoms with Crippen LogP contribution >= 0.6 is 22.7 Å². The maximum atomic E-state index is 12.3. The van der Waals surface area contributed by atoms with Crippen LogP contribution in [0.2, 0.25) is 0 Å². The summed E-state index contributed by atoms with van der Waals surface area (Å²) < 4.78 is 0. The first-order valence-electron chi connectivity index (χ1n) is 6.99. The van der Waals surface area contributed by atoms with E-state index in [1.54, 1.807) is 22.7 Å². The number of anilines is 1. The number of amides is 1. The maximum Gasteiger partial charge on any atom is 0.229 e. The highest BCUT2D eigenvalue weighted by molar-refractivity contribution is 7.15. The number of carbonyl (C=O) groups is 1. The van der Waals surface area contributed by atoms with Crippen LogP contribution in [0.3, 0.4) is 0 Å². The van der Waals surface area contributed by atoms with Gasteiger partial charge in [-0.2, -0.15) is 0 Å². The minimum Gasteiger partial charge on any atom is -0.326 e. The van der Waals surface area contributed by atoms with Gasteiger partial charge in [0.15, 0.2) is 0 Å². The Morgan fingerprint density at radius 2 is 2.00 bits per heavy atom. The van der Waals surface area contributed by atoms with Crippen molar-refractivity contribution in [3.63, 3.8) is 0 Å². The molecule has 0 saturated heterocycles. The van der Waals surface area contributed by atoms with Crippen LogP contribution in [-0.2, 0) is 11.2 Å². The van der Waals surface area contributed by atoms with E-state index < -0.39 is 0 Å². The van der Waals surface area contributed by atoms with Crippen LogP contribution in [0.5, 0.6) is 0 Å². The van der Waals surface area contributed by atoms with Gasteiger partial charge in [-0.05, 0) is 36.9 Å². The second kappa shape index (κ2) is 6.42. The Hall–Kier alpha value is -1.98. The first-order chi connectivity index (χ1) is 10.6. The highest BCUT2D eigenvalue weighted by Gasteiger charge is 2.15. The molecule has 0 aliphatic carbocycles. The lowest BCUT2D eigenvalue weighted by atomic mass is 10.2. The number of para-hydroxylation sites is 1. The maximum absolute atomic E-state index is 12.3. The fraction of sp³-hybridized carbons (Fsp3) is 0.176. The predicted molar refractivity (Wildman–Crippen MR) is 93.7 cm³/mol. The van der Waals surface area contributed by atoms with Crippen molar-refractivity contribution >= 4 is 34.3 Å². The van der Waals surface area contributed by atoms with E-state index in [1.165, 1.54) is 0 Å². The monoisotopic (exact) mass is 328 g/mol. The molecule has 0 bridgehead atoms. The van der Waals surface area contributed by atoms with Gasteiger partial charge >= 0.3 is 0 Å². The molecule has 0 aliphatic heterocycles. The number of hydrogen-bond donors (Lipinski definition) is 1. The van der Waals surface area contributed by atoms with Gasteiger partial charge in [0.1, 0.15) is 0 Å². The molecule has 1 aromatic carbocycles. The summed E-state index contributed by atoms with van der Waals surface area (Å²) in [6.07, 6.45) is 0.354. The molecular weight excluding hydrogens is 312 g/mol. The van der Waals surface area contributed by atoms with E-state index in [4.69, 9.17) is 0 Å². The third-order valence-electron chi connectivity index (χ3n) is 3.30. The number of carbonyl (C=O) groups excluding carboxylic acids is 1. The minimum atomic E-state index is -0.00393. The zero-order chi connectivity index (χ0) is 15.5. The van der Waals surface area contributed by atoms with E-state index >= 15 is 0 Å². The Labute approximate surface area is 137 Å². The number of thiazole rings is 1. The number of rotatable bonds is 4. The number of thiophene rings is 1. The highest BCUT2D eigenvalue weighted by atomic mass is 32.1.